The molecule has 0 fully saturated rings. The summed E-state index contributed by atoms with van der Waals surface area (Å²) in [5.41, 5.74) is 2.86. The van der Waals surface area contributed by atoms with Crippen molar-refractivity contribution < 1.29 is 13.2 Å². The Balaban J connectivity index is 1.74. The van der Waals surface area contributed by atoms with Gasteiger partial charge in [0.1, 0.15) is 5.75 Å². The molecule has 0 bridgehead atoms. The van der Waals surface area contributed by atoms with Crippen molar-refractivity contribution in [3.8, 4) is 11.4 Å². The highest BCUT2D eigenvalue weighted by Crippen LogP contribution is 2.18. The number of nitrogens with zero attached hydrogens (tertiary/aromatic N) is 5. The van der Waals surface area contributed by atoms with Gasteiger partial charge in [-0.15, -0.1) is 0 Å². The smallest absolute Gasteiger partial charge is 0.227 e. The maximum Gasteiger partial charge on any atom is 0.227 e. The van der Waals surface area contributed by atoms with E-state index in [0.29, 0.717) is 25.6 Å². The number of hydrogen-bond donors (Lipinski definition) is 0. The largest absolute Gasteiger partial charge is 0.497 e. The molecule has 1 aromatic carbocycles. The van der Waals surface area contributed by atoms with Gasteiger partial charge in [0.15, 0.2) is 0 Å². The second-order valence-corrected chi connectivity index (χ2v) is 9.89. The lowest BCUT2D eigenvalue weighted by atomic mass is 10.2. The Labute approximate surface area is 178 Å². The van der Waals surface area contributed by atoms with Crippen LogP contribution >= 0.6 is 0 Å². The second-order valence-electron chi connectivity index (χ2n) is 7.98. The summed E-state index contributed by atoms with van der Waals surface area (Å²) in [6.07, 6.45) is 6.68. The number of rotatable bonds is 9. The van der Waals surface area contributed by atoms with E-state index < -0.39 is 9.84 Å². The van der Waals surface area contributed by atoms with E-state index in [1.54, 1.807) is 13.3 Å². The van der Waals surface area contributed by atoms with Gasteiger partial charge in [0.05, 0.1) is 30.9 Å². The summed E-state index contributed by atoms with van der Waals surface area (Å²) in [4.78, 5) is 6.30. The SMILES string of the molecule is COc1cccc(-n2cc(CN(C)Cc3cnc(S(C)(=O)=O)n3CC(C)C)cn2)c1. The number of aromatic nitrogens is 4. The van der Waals surface area contributed by atoms with Crippen LogP contribution in [0, 0.1) is 5.92 Å². The molecule has 0 unspecified atom stereocenters. The highest BCUT2D eigenvalue weighted by Gasteiger charge is 2.20. The Bertz CT molecular complexity index is 1100. The number of imidazole rings is 1. The zero-order chi connectivity index (χ0) is 21.9. The molecule has 0 spiro atoms. The molecule has 0 aliphatic rings. The molecule has 0 amide bonds. The molecule has 0 saturated carbocycles. The maximum atomic E-state index is 12.1. The molecule has 3 aromatic rings. The Morgan fingerprint density at radius 1 is 1.20 bits per heavy atom. The molecular weight excluding hydrogens is 402 g/mol. The fourth-order valence-electron chi connectivity index (χ4n) is 3.35. The summed E-state index contributed by atoms with van der Waals surface area (Å²) in [6.45, 7) is 5.99. The van der Waals surface area contributed by atoms with Crippen LogP contribution in [0.2, 0.25) is 0 Å². The van der Waals surface area contributed by atoms with Gasteiger partial charge < -0.3 is 9.30 Å². The minimum atomic E-state index is -3.38. The third-order valence-corrected chi connectivity index (χ3v) is 5.61. The van der Waals surface area contributed by atoms with Gasteiger partial charge in [-0.05, 0) is 25.1 Å². The highest BCUT2D eigenvalue weighted by molar-refractivity contribution is 7.90. The number of hydrogen-bond acceptors (Lipinski definition) is 6. The molecular formula is C21H29N5O3S. The lowest BCUT2D eigenvalue weighted by Gasteiger charge is -2.19. The quantitative estimate of drug-likeness (QED) is 0.518. The number of ether oxygens (including phenoxy) is 1. The Kier molecular flexibility index (Phi) is 6.62. The monoisotopic (exact) mass is 431 g/mol. The summed E-state index contributed by atoms with van der Waals surface area (Å²) in [6, 6.07) is 7.72. The molecule has 0 aliphatic heterocycles. The van der Waals surface area contributed by atoms with E-state index in [4.69, 9.17) is 4.74 Å². The topological polar surface area (TPSA) is 82.3 Å². The number of benzene rings is 1. The van der Waals surface area contributed by atoms with Gasteiger partial charge >= 0.3 is 0 Å². The van der Waals surface area contributed by atoms with Crippen molar-refractivity contribution in [3.05, 3.63) is 54.1 Å². The summed E-state index contributed by atoms with van der Waals surface area (Å²) < 4.78 is 33.1. The summed E-state index contributed by atoms with van der Waals surface area (Å²) in [5.74, 6) is 1.09. The second kappa shape index (κ2) is 9.01. The number of sulfone groups is 1. The van der Waals surface area contributed by atoms with Crippen molar-refractivity contribution in [2.24, 2.45) is 5.92 Å². The Hall–Kier alpha value is -2.65. The highest BCUT2D eigenvalue weighted by atomic mass is 32.2. The van der Waals surface area contributed by atoms with E-state index in [0.717, 1.165) is 22.7 Å². The standard InChI is InChI=1S/C21H29N5O3S/c1-16(2)12-25-19(11-22-21(25)30(5,27)28)15-24(3)13-17-10-23-26(14-17)18-7-6-8-20(9-18)29-4/h6-11,14,16H,12-13,15H2,1-5H3. The van der Waals surface area contributed by atoms with Gasteiger partial charge in [-0.1, -0.05) is 19.9 Å². The lowest BCUT2D eigenvalue weighted by Crippen LogP contribution is -2.21. The van der Waals surface area contributed by atoms with Crippen molar-refractivity contribution >= 4 is 9.84 Å². The van der Waals surface area contributed by atoms with E-state index in [1.165, 1.54) is 6.26 Å². The third-order valence-electron chi connectivity index (χ3n) is 4.62. The summed E-state index contributed by atoms with van der Waals surface area (Å²) in [7, 11) is 0.260. The van der Waals surface area contributed by atoms with Crippen molar-refractivity contribution in [2.75, 3.05) is 20.4 Å². The maximum absolute atomic E-state index is 12.1. The molecule has 8 nitrogen and oxygen atoms in total. The zero-order valence-corrected chi connectivity index (χ0v) is 18.9. The molecule has 2 aromatic heterocycles. The summed E-state index contributed by atoms with van der Waals surface area (Å²) in [5, 5.41) is 4.58. The first-order chi connectivity index (χ1) is 14.2. The molecule has 0 aliphatic carbocycles. The predicted octanol–water partition coefficient (Wildman–Crippen LogP) is 2.77. The first-order valence-corrected chi connectivity index (χ1v) is 11.7. The van der Waals surface area contributed by atoms with Crippen LogP contribution < -0.4 is 4.74 Å². The van der Waals surface area contributed by atoms with Crippen LogP contribution in [-0.4, -0.2) is 53.1 Å². The van der Waals surface area contributed by atoms with E-state index in [9.17, 15) is 8.42 Å². The molecule has 162 valence electrons. The zero-order valence-electron chi connectivity index (χ0n) is 18.1. The third kappa shape index (κ3) is 5.28. The van der Waals surface area contributed by atoms with Crippen molar-refractivity contribution in [1.29, 1.82) is 0 Å². The fourth-order valence-corrected chi connectivity index (χ4v) is 4.19. The van der Waals surface area contributed by atoms with Crippen LogP contribution in [-0.2, 0) is 29.5 Å². The molecule has 0 radical (unpaired) electrons. The predicted molar refractivity (Wildman–Crippen MR) is 115 cm³/mol. The van der Waals surface area contributed by atoms with Crippen molar-refractivity contribution in [3.63, 3.8) is 0 Å². The fraction of sp³-hybridized carbons (Fsp3) is 0.429. The molecule has 0 saturated heterocycles. The Morgan fingerprint density at radius 3 is 2.63 bits per heavy atom. The number of methoxy groups -OCH3 is 1. The molecule has 2 heterocycles. The first kappa shape index (κ1) is 22.0. The van der Waals surface area contributed by atoms with Gasteiger partial charge in [0, 0.05) is 43.7 Å². The Morgan fingerprint density at radius 2 is 1.97 bits per heavy atom. The van der Waals surface area contributed by atoms with Crippen molar-refractivity contribution in [1.82, 2.24) is 24.2 Å². The molecule has 0 N–H and O–H groups in total. The van der Waals surface area contributed by atoms with E-state index in [1.807, 2.05) is 53.0 Å². The molecule has 3 rings (SSSR count). The van der Waals surface area contributed by atoms with Crippen LogP contribution in [0.4, 0.5) is 0 Å². The van der Waals surface area contributed by atoms with Gasteiger partial charge in [0.25, 0.3) is 0 Å². The van der Waals surface area contributed by atoms with Gasteiger partial charge in [-0.25, -0.2) is 18.1 Å². The molecule has 9 heteroatoms. The molecule has 30 heavy (non-hydrogen) atoms. The van der Waals surface area contributed by atoms with Crippen LogP contribution in [0.25, 0.3) is 5.69 Å². The average molecular weight is 432 g/mol. The summed E-state index contributed by atoms with van der Waals surface area (Å²) >= 11 is 0. The van der Waals surface area contributed by atoms with Crippen LogP contribution in [0.15, 0.2) is 48.0 Å². The van der Waals surface area contributed by atoms with Crippen molar-refractivity contribution in [2.45, 2.75) is 38.6 Å². The van der Waals surface area contributed by atoms with E-state index in [2.05, 4.69) is 28.8 Å². The van der Waals surface area contributed by atoms with Crippen LogP contribution in [0.5, 0.6) is 5.75 Å². The minimum absolute atomic E-state index is 0.130. The molecule has 0 atom stereocenters. The lowest BCUT2D eigenvalue weighted by molar-refractivity contribution is 0.304. The average Bonchev–Trinajstić information content (AvgIpc) is 3.28. The van der Waals surface area contributed by atoms with E-state index >= 15 is 0 Å². The normalized spacial score (nSPS) is 12.1. The minimum Gasteiger partial charge on any atom is -0.497 e. The van der Waals surface area contributed by atoms with Gasteiger partial charge in [-0.2, -0.15) is 5.10 Å². The van der Waals surface area contributed by atoms with Crippen LogP contribution in [0.1, 0.15) is 25.1 Å². The van der Waals surface area contributed by atoms with Gasteiger partial charge in [0.2, 0.25) is 15.0 Å². The van der Waals surface area contributed by atoms with E-state index in [-0.39, 0.29) is 5.16 Å². The van der Waals surface area contributed by atoms with Gasteiger partial charge in [-0.3, -0.25) is 4.90 Å². The van der Waals surface area contributed by atoms with Crippen LogP contribution in [0.3, 0.4) is 0 Å². The first-order valence-electron chi connectivity index (χ1n) is 9.78.